The first-order chi connectivity index (χ1) is 9.47. The molecule has 1 aliphatic heterocycles. The van der Waals surface area contributed by atoms with Crippen LogP contribution in [0.15, 0.2) is 18.2 Å². The Morgan fingerprint density at radius 3 is 2.95 bits per heavy atom. The number of benzene rings is 1. The van der Waals surface area contributed by atoms with E-state index < -0.39 is 6.61 Å². The normalized spacial score (nSPS) is 19.2. The first-order valence-electron chi connectivity index (χ1n) is 6.24. The topological polar surface area (TPSA) is 41.6 Å². The Hall–Kier alpha value is -1.40. The highest BCUT2D eigenvalue weighted by Gasteiger charge is 2.25. The van der Waals surface area contributed by atoms with Crippen LogP contribution in [0.1, 0.15) is 17.3 Å². The van der Waals surface area contributed by atoms with Gasteiger partial charge in [0.25, 0.3) is 5.91 Å². The van der Waals surface area contributed by atoms with Crippen LogP contribution in [0.25, 0.3) is 0 Å². The molecule has 1 aromatic rings. The summed E-state index contributed by atoms with van der Waals surface area (Å²) in [6, 6.07) is 4.21. The van der Waals surface area contributed by atoms with E-state index in [0.29, 0.717) is 24.7 Å². The summed E-state index contributed by atoms with van der Waals surface area (Å²) < 4.78 is 29.1. The molecular weight excluding hydrogens is 290 g/mol. The number of carbonyl (C=O) groups excluding carboxylic acids is 1. The second-order valence-electron chi connectivity index (χ2n) is 4.63. The van der Waals surface area contributed by atoms with Crippen molar-refractivity contribution in [1.29, 1.82) is 0 Å². The van der Waals surface area contributed by atoms with Gasteiger partial charge in [0.2, 0.25) is 0 Å². The van der Waals surface area contributed by atoms with Crippen LogP contribution in [-0.4, -0.2) is 43.1 Å². The highest BCUT2D eigenvalue weighted by atomic mass is 35.5. The molecule has 0 aromatic heterocycles. The predicted molar refractivity (Wildman–Crippen MR) is 71.5 cm³/mol. The summed E-state index contributed by atoms with van der Waals surface area (Å²) in [4.78, 5) is 14.0. The zero-order valence-corrected chi connectivity index (χ0v) is 11.7. The molecule has 110 valence electrons. The van der Waals surface area contributed by atoms with Crippen LogP contribution in [0.4, 0.5) is 8.78 Å². The Balaban J connectivity index is 2.25. The van der Waals surface area contributed by atoms with Crippen LogP contribution in [0.3, 0.4) is 0 Å². The van der Waals surface area contributed by atoms with Crippen molar-refractivity contribution >= 4 is 17.5 Å². The molecule has 0 saturated carbocycles. The molecule has 20 heavy (non-hydrogen) atoms. The highest BCUT2D eigenvalue weighted by molar-refractivity contribution is 6.31. The Bertz CT molecular complexity index is 499. The number of amides is 1. The smallest absolute Gasteiger partial charge is 0.387 e. The minimum absolute atomic E-state index is 0.0619. The van der Waals surface area contributed by atoms with Crippen molar-refractivity contribution in [2.75, 3.05) is 19.6 Å². The second-order valence-corrected chi connectivity index (χ2v) is 5.06. The van der Waals surface area contributed by atoms with E-state index in [9.17, 15) is 13.6 Å². The van der Waals surface area contributed by atoms with E-state index in [1.165, 1.54) is 18.2 Å². The van der Waals surface area contributed by atoms with Gasteiger partial charge in [0, 0.05) is 30.7 Å². The molecule has 4 nitrogen and oxygen atoms in total. The molecule has 1 atom stereocenters. The molecule has 1 fully saturated rings. The number of hydrogen-bond acceptors (Lipinski definition) is 3. The molecule has 1 unspecified atom stereocenters. The van der Waals surface area contributed by atoms with Gasteiger partial charge in [-0.05, 0) is 25.1 Å². The monoisotopic (exact) mass is 304 g/mol. The second kappa shape index (κ2) is 6.37. The van der Waals surface area contributed by atoms with Gasteiger partial charge in [0.05, 0.1) is 5.56 Å². The number of alkyl halides is 2. The van der Waals surface area contributed by atoms with Gasteiger partial charge < -0.3 is 15.0 Å². The lowest BCUT2D eigenvalue weighted by molar-refractivity contribution is -0.0503. The average molecular weight is 305 g/mol. The maximum atomic E-state index is 12.4. The van der Waals surface area contributed by atoms with Crippen molar-refractivity contribution < 1.29 is 18.3 Å². The van der Waals surface area contributed by atoms with Gasteiger partial charge in [-0.2, -0.15) is 8.78 Å². The number of nitrogens with one attached hydrogen (secondary N) is 1. The van der Waals surface area contributed by atoms with Gasteiger partial charge in [-0.1, -0.05) is 11.6 Å². The summed E-state index contributed by atoms with van der Waals surface area (Å²) in [6.07, 6.45) is 0. The summed E-state index contributed by atoms with van der Waals surface area (Å²) in [7, 11) is 0. The average Bonchev–Trinajstić information content (AvgIpc) is 2.39. The van der Waals surface area contributed by atoms with Crippen LogP contribution in [0.2, 0.25) is 5.02 Å². The lowest BCUT2D eigenvalue weighted by Gasteiger charge is -2.32. The molecule has 0 radical (unpaired) electrons. The largest absolute Gasteiger partial charge is 0.434 e. The third-order valence-corrected chi connectivity index (χ3v) is 3.28. The molecule has 7 heteroatoms. The number of ether oxygens (including phenoxy) is 1. The Morgan fingerprint density at radius 2 is 2.30 bits per heavy atom. The van der Waals surface area contributed by atoms with E-state index in [2.05, 4.69) is 10.1 Å². The van der Waals surface area contributed by atoms with Crippen molar-refractivity contribution in [3.05, 3.63) is 28.8 Å². The van der Waals surface area contributed by atoms with E-state index in [1.54, 1.807) is 4.90 Å². The number of carbonyl (C=O) groups is 1. The number of hydrogen-bond donors (Lipinski definition) is 1. The molecule has 2 rings (SSSR count). The van der Waals surface area contributed by atoms with Gasteiger partial charge in [-0.15, -0.1) is 0 Å². The summed E-state index contributed by atoms with van der Waals surface area (Å²) in [5.41, 5.74) is 0.0619. The molecule has 1 N–H and O–H groups in total. The first-order valence-corrected chi connectivity index (χ1v) is 6.62. The molecule has 0 spiro atoms. The molecule has 0 bridgehead atoms. The van der Waals surface area contributed by atoms with Crippen LogP contribution >= 0.6 is 11.6 Å². The summed E-state index contributed by atoms with van der Waals surface area (Å²) >= 11 is 5.84. The maximum absolute atomic E-state index is 12.4. The Morgan fingerprint density at radius 1 is 1.55 bits per heavy atom. The number of piperazine rings is 1. The van der Waals surface area contributed by atoms with E-state index in [4.69, 9.17) is 11.6 Å². The fourth-order valence-electron chi connectivity index (χ4n) is 2.16. The SMILES string of the molecule is CC1CN(C(=O)c2cc(Cl)ccc2OC(F)F)CCN1. The van der Waals surface area contributed by atoms with E-state index in [0.717, 1.165) is 0 Å². The molecule has 1 amide bonds. The molecule has 0 aliphatic carbocycles. The minimum atomic E-state index is -2.98. The van der Waals surface area contributed by atoms with E-state index in [-0.39, 0.29) is 23.3 Å². The summed E-state index contributed by atoms with van der Waals surface area (Å²) in [6.45, 7) is 0.667. The third kappa shape index (κ3) is 3.58. The zero-order chi connectivity index (χ0) is 14.7. The van der Waals surface area contributed by atoms with Crippen LogP contribution < -0.4 is 10.1 Å². The van der Waals surface area contributed by atoms with Crippen LogP contribution in [0.5, 0.6) is 5.75 Å². The molecule has 1 saturated heterocycles. The lowest BCUT2D eigenvalue weighted by Crippen LogP contribution is -2.51. The summed E-state index contributed by atoms with van der Waals surface area (Å²) in [5, 5.41) is 3.51. The van der Waals surface area contributed by atoms with Gasteiger partial charge in [0.15, 0.2) is 0 Å². The zero-order valence-electron chi connectivity index (χ0n) is 10.9. The van der Waals surface area contributed by atoms with Crippen molar-refractivity contribution in [1.82, 2.24) is 10.2 Å². The number of rotatable bonds is 3. The highest BCUT2D eigenvalue weighted by Crippen LogP contribution is 2.26. The van der Waals surface area contributed by atoms with E-state index in [1.807, 2.05) is 6.92 Å². The number of nitrogens with zero attached hydrogens (tertiary/aromatic N) is 1. The van der Waals surface area contributed by atoms with Crippen molar-refractivity contribution in [3.8, 4) is 5.75 Å². The predicted octanol–water partition coefficient (Wildman–Crippen LogP) is 2.38. The van der Waals surface area contributed by atoms with Gasteiger partial charge in [0.1, 0.15) is 5.75 Å². The lowest BCUT2D eigenvalue weighted by atomic mass is 10.1. The van der Waals surface area contributed by atoms with Crippen LogP contribution in [-0.2, 0) is 0 Å². The quantitative estimate of drug-likeness (QED) is 0.932. The van der Waals surface area contributed by atoms with Crippen molar-refractivity contribution in [3.63, 3.8) is 0 Å². The van der Waals surface area contributed by atoms with Gasteiger partial charge in [-0.25, -0.2) is 0 Å². The summed E-state index contributed by atoms with van der Waals surface area (Å²) in [5.74, 6) is -0.503. The number of halogens is 3. The molecule has 1 aromatic carbocycles. The molecular formula is C13H15ClF2N2O2. The third-order valence-electron chi connectivity index (χ3n) is 3.04. The van der Waals surface area contributed by atoms with Gasteiger partial charge in [-0.3, -0.25) is 4.79 Å². The standard InChI is InChI=1S/C13H15ClF2N2O2/c1-8-7-18(5-4-17-8)12(19)10-6-9(14)2-3-11(10)20-13(15)16/h2-3,6,8,13,17H,4-5,7H2,1H3. The Labute approximate surface area is 120 Å². The van der Waals surface area contributed by atoms with Crippen molar-refractivity contribution in [2.24, 2.45) is 0 Å². The fourth-order valence-corrected chi connectivity index (χ4v) is 2.33. The van der Waals surface area contributed by atoms with Gasteiger partial charge >= 0.3 is 6.61 Å². The Kier molecular flexibility index (Phi) is 4.77. The van der Waals surface area contributed by atoms with Crippen LogP contribution in [0, 0.1) is 0 Å². The maximum Gasteiger partial charge on any atom is 0.387 e. The first kappa shape index (κ1) is 15.0. The fraction of sp³-hybridized carbons (Fsp3) is 0.462. The van der Waals surface area contributed by atoms with E-state index >= 15 is 0 Å². The molecule has 1 heterocycles. The molecule has 1 aliphatic rings. The minimum Gasteiger partial charge on any atom is -0.434 e. The van der Waals surface area contributed by atoms with Crippen molar-refractivity contribution in [2.45, 2.75) is 19.6 Å².